The fourth-order valence-electron chi connectivity index (χ4n) is 2.13. The molecule has 0 unspecified atom stereocenters. The molecular formula is C14H20N2. The van der Waals surface area contributed by atoms with Crippen molar-refractivity contribution in [2.24, 2.45) is 0 Å². The predicted octanol–water partition coefficient (Wildman–Crippen LogP) is 3.66. The summed E-state index contributed by atoms with van der Waals surface area (Å²) in [6.07, 6.45) is 0. The number of fused-ring (bicyclic) bond motifs is 1. The first-order valence-electron chi connectivity index (χ1n) is 5.91. The van der Waals surface area contributed by atoms with Crippen LogP contribution >= 0.6 is 0 Å². The third-order valence-corrected chi connectivity index (χ3v) is 2.89. The number of benzene rings is 1. The maximum absolute atomic E-state index is 4.78. The van der Waals surface area contributed by atoms with Crippen LogP contribution in [0.4, 0.5) is 0 Å². The summed E-state index contributed by atoms with van der Waals surface area (Å²) >= 11 is 0. The van der Waals surface area contributed by atoms with Crippen LogP contribution in [0.5, 0.6) is 0 Å². The van der Waals surface area contributed by atoms with Crippen molar-refractivity contribution in [2.45, 2.75) is 46.6 Å². The van der Waals surface area contributed by atoms with Crippen LogP contribution in [0.15, 0.2) is 18.2 Å². The summed E-state index contributed by atoms with van der Waals surface area (Å²) in [7, 11) is 0. The molecule has 1 aromatic carbocycles. The summed E-state index contributed by atoms with van der Waals surface area (Å²) in [5.74, 6) is 1.18. The lowest BCUT2D eigenvalue weighted by atomic mass is 9.96. The smallest absolute Gasteiger partial charge is 0.115 e. The van der Waals surface area contributed by atoms with Crippen molar-refractivity contribution in [1.82, 2.24) is 9.55 Å². The van der Waals surface area contributed by atoms with Gasteiger partial charge in [-0.15, -0.1) is 0 Å². The number of aromatic nitrogens is 2. The maximum atomic E-state index is 4.78. The van der Waals surface area contributed by atoms with Crippen LogP contribution in [0, 0.1) is 6.92 Å². The van der Waals surface area contributed by atoms with Gasteiger partial charge in [-0.3, -0.25) is 0 Å². The molecule has 0 radical (unpaired) electrons. The highest BCUT2D eigenvalue weighted by molar-refractivity contribution is 5.77. The molecule has 86 valence electrons. The van der Waals surface area contributed by atoms with Crippen molar-refractivity contribution in [3.05, 3.63) is 29.6 Å². The fraction of sp³-hybridized carbons (Fsp3) is 0.500. The van der Waals surface area contributed by atoms with Gasteiger partial charge in [0.15, 0.2) is 0 Å². The molecule has 1 aromatic heterocycles. The number of imidazole rings is 1. The zero-order valence-electron chi connectivity index (χ0n) is 10.8. The van der Waals surface area contributed by atoms with Crippen LogP contribution in [-0.4, -0.2) is 9.55 Å². The molecule has 0 saturated carbocycles. The molecule has 0 aliphatic rings. The van der Waals surface area contributed by atoms with Gasteiger partial charge in [0.1, 0.15) is 5.82 Å². The Kier molecular flexibility index (Phi) is 2.53. The van der Waals surface area contributed by atoms with Crippen LogP contribution in [0.1, 0.15) is 39.1 Å². The Balaban J connectivity index is 2.76. The van der Waals surface area contributed by atoms with Crippen molar-refractivity contribution >= 4 is 11.0 Å². The van der Waals surface area contributed by atoms with E-state index in [-0.39, 0.29) is 5.41 Å². The second kappa shape index (κ2) is 3.62. The highest BCUT2D eigenvalue weighted by Crippen LogP contribution is 2.26. The summed E-state index contributed by atoms with van der Waals surface area (Å²) in [6.45, 7) is 11.9. The van der Waals surface area contributed by atoms with Gasteiger partial charge in [-0.2, -0.15) is 0 Å². The van der Waals surface area contributed by atoms with Gasteiger partial charge >= 0.3 is 0 Å². The molecule has 0 spiro atoms. The van der Waals surface area contributed by atoms with Gasteiger partial charge in [0.2, 0.25) is 0 Å². The third kappa shape index (κ3) is 1.73. The van der Waals surface area contributed by atoms with Gasteiger partial charge in [-0.05, 0) is 31.5 Å². The Morgan fingerprint density at radius 3 is 2.50 bits per heavy atom. The van der Waals surface area contributed by atoms with Crippen molar-refractivity contribution in [1.29, 1.82) is 0 Å². The molecule has 16 heavy (non-hydrogen) atoms. The molecule has 2 nitrogen and oxygen atoms in total. The van der Waals surface area contributed by atoms with E-state index in [0.29, 0.717) is 0 Å². The standard InChI is InChI=1S/C14H20N2/c1-6-16-12-8-7-10(2)9-11(12)15-13(16)14(3,4)5/h7-9H,6H2,1-5H3. The molecule has 2 aromatic rings. The van der Waals surface area contributed by atoms with E-state index in [2.05, 4.69) is 57.4 Å². The van der Waals surface area contributed by atoms with E-state index < -0.39 is 0 Å². The molecule has 0 amide bonds. The van der Waals surface area contributed by atoms with Gasteiger partial charge < -0.3 is 4.57 Å². The SMILES string of the molecule is CCn1c(C(C)(C)C)nc2cc(C)ccc21. The minimum absolute atomic E-state index is 0.100. The molecule has 0 saturated heterocycles. The number of nitrogens with zero attached hydrogens (tertiary/aromatic N) is 2. The number of aryl methyl sites for hydroxylation is 2. The number of hydrogen-bond donors (Lipinski definition) is 0. The molecule has 2 heteroatoms. The van der Waals surface area contributed by atoms with E-state index >= 15 is 0 Å². The van der Waals surface area contributed by atoms with Gasteiger partial charge in [-0.25, -0.2) is 4.98 Å². The van der Waals surface area contributed by atoms with E-state index in [0.717, 1.165) is 12.1 Å². The molecule has 1 heterocycles. The molecule has 0 N–H and O–H groups in total. The van der Waals surface area contributed by atoms with Gasteiger partial charge in [0.25, 0.3) is 0 Å². The van der Waals surface area contributed by atoms with E-state index in [4.69, 9.17) is 4.98 Å². The van der Waals surface area contributed by atoms with E-state index in [1.54, 1.807) is 0 Å². The number of rotatable bonds is 1. The first-order chi connectivity index (χ1) is 7.43. The van der Waals surface area contributed by atoms with Crippen molar-refractivity contribution in [2.75, 3.05) is 0 Å². The molecule has 0 aliphatic heterocycles. The van der Waals surface area contributed by atoms with Crippen LogP contribution in [0.25, 0.3) is 11.0 Å². The first kappa shape index (κ1) is 11.2. The highest BCUT2D eigenvalue weighted by Gasteiger charge is 2.21. The molecule has 0 aliphatic carbocycles. The predicted molar refractivity (Wildman–Crippen MR) is 68.8 cm³/mol. The summed E-state index contributed by atoms with van der Waals surface area (Å²) in [5, 5.41) is 0. The summed E-state index contributed by atoms with van der Waals surface area (Å²) < 4.78 is 2.31. The van der Waals surface area contributed by atoms with Crippen molar-refractivity contribution in [3.8, 4) is 0 Å². The average molecular weight is 216 g/mol. The van der Waals surface area contributed by atoms with Crippen molar-refractivity contribution in [3.63, 3.8) is 0 Å². The minimum atomic E-state index is 0.100. The van der Waals surface area contributed by atoms with E-state index in [1.165, 1.54) is 16.9 Å². The van der Waals surface area contributed by atoms with Crippen molar-refractivity contribution < 1.29 is 0 Å². The molecular weight excluding hydrogens is 196 g/mol. The minimum Gasteiger partial charge on any atom is -0.328 e. The van der Waals surface area contributed by atoms with Crippen LogP contribution in [-0.2, 0) is 12.0 Å². The second-order valence-corrected chi connectivity index (χ2v) is 5.42. The van der Waals surface area contributed by atoms with Crippen LogP contribution in [0.2, 0.25) is 0 Å². The largest absolute Gasteiger partial charge is 0.328 e. The zero-order valence-corrected chi connectivity index (χ0v) is 10.8. The number of hydrogen-bond acceptors (Lipinski definition) is 1. The topological polar surface area (TPSA) is 17.8 Å². The Hall–Kier alpha value is -1.31. The van der Waals surface area contributed by atoms with Gasteiger partial charge in [0.05, 0.1) is 11.0 Å². The molecule has 0 atom stereocenters. The average Bonchev–Trinajstić information content (AvgIpc) is 2.54. The van der Waals surface area contributed by atoms with E-state index in [9.17, 15) is 0 Å². The fourth-order valence-corrected chi connectivity index (χ4v) is 2.13. The highest BCUT2D eigenvalue weighted by atomic mass is 15.1. The Labute approximate surface area is 97.3 Å². The lowest BCUT2D eigenvalue weighted by Gasteiger charge is -2.19. The Morgan fingerprint density at radius 1 is 1.25 bits per heavy atom. The first-order valence-corrected chi connectivity index (χ1v) is 5.91. The van der Waals surface area contributed by atoms with Crippen LogP contribution in [0.3, 0.4) is 0 Å². The maximum Gasteiger partial charge on any atom is 0.115 e. The summed E-state index contributed by atoms with van der Waals surface area (Å²) in [4.78, 5) is 4.78. The molecule has 2 rings (SSSR count). The lowest BCUT2D eigenvalue weighted by molar-refractivity contribution is 0.512. The van der Waals surface area contributed by atoms with E-state index in [1.807, 2.05) is 0 Å². The van der Waals surface area contributed by atoms with Gasteiger partial charge in [0, 0.05) is 12.0 Å². The molecule has 0 fully saturated rings. The summed E-state index contributed by atoms with van der Waals surface area (Å²) in [6, 6.07) is 6.50. The lowest BCUT2D eigenvalue weighted by Crippen LogP contribution is -2.18. The third-order valence-electron chi connectivity index (χ3n) is 2.89. The second-order valence-electron chi connectivity index (χ2n) is 5.42. The summed E-state index contributed by atoms with van der Waals surface area (Å²) in [5.41, 5.74) is 3.74. The monoisotopic (exact) mass is 216 g/mol. The zero-order chi connectivity index (χ0) is 11.9. The molecule has 0 bridgehead atoms. The Bertz CT molecular complexity index is 515. The van der Waals surface area contributed by atoms with Gasteiger partial charge in [-0.1, -0.05) is 26.8 Å². The van der Waals surface area contributed by atoms with Crippen LogP contribution < -0.4 is 0 Å². The Morgan fingerprint density at radius 2 is 1.94 bits per heavy atom. The normalized spacial score (nSPS) is 12.3. The quantitative estimate of drug-likeness (QED) is 0.711.